The van der Waals surface area contributed by atoms with E-state index < -0.39 is 10.0 Å². The van der Waals surface area contributed by atoms with E-state index in [-0.39, 0.29) is 29.6 Å². The summed E-state index contributed by atoms with van der Waals surface area (Å²) in [4.78, 5) is 12.6. The first-order valence-corrected chi connectivity index (χ1v) is 11.1. The number of carbonyl (C=O) groups is 1. The Hall–Kier alpha value is -2.52. The molecule has 8 nitrogen and oxygen atoms in total. The second kappa shape index (κ2) is 9.32. The van der Waals surface area contributed by atoms with Crippen molar-refractivity contribution in [1.82, 2.24) is 14.2 Å². The zero-order valence-corrected chi connectivity index (χ0v) is 17.6. The number of methoxy groups -OCH3 is 1. The van der Waals surface area contributed by atoms with Crippen molar-refractivity contribution >= 4 is 15.9 Å². The van der Waals surface area contributed by atoms with E-state index in [1.54, 1.807) is 26.3 Å². The molecular formula is C20H27N3O5S. The van der Waals surface area contributed by atoms with E-state index >= 15 is 0 Å². The van der Waals surface area contributed by atoms with Crippen molar-refractivity contribution in [3.63, 3.8) is 0 Å². The van der Waals surface area contributed by atoms with Crippen LogP contribution in [0.15, 0.2) is 41.4 Å². The number of rotatable bonds is 8. The van der Waals surface area contributed by atoms with Crippen LogP contribution in [0.5, 0.6) is 11.5 Å². The summed E-state index contributed by atoms with van der Waals surface area (Å²) in [5, 5.41) is 2.76. The van der Waals surface area contributed by atoms with E-state index in [1.165, 1.54) is 21.1 Å². The summed E-state index contributed by atoms with van der Waals surface area (Å²) in [6.07, 6.45) is 4.27. The van der Waals surface area contributed by atoms with Crippen molar-refractivity contribution in [3.05, 3.63) is 42.2 Å². The minimum atomic E-state index is -3.57. The quantitative estimate of drug-likeness (QED) is 0.659. The topological polar surface area (TPSA) is 89.9 Å². The monoisotopic (exact) mass is 421 g/mol. The van der Waals surface area contributed by atoms with Crippen LogP contribution in [0.3, 0.4) is 0 Å². The van der Waals surface area contributed by atoms with Gasteiger partial charge in [0.15, 0.2) is 11.5 Å². The molecule has 1 aliphatic heterocycles. The molecule has 1 fully saturated rings. The maximum Gasteiger partial charge on any atom is 0.268 e. The summed E-state index contributed by atoms with van der Waals surface area (Å²) in [6, 6.07) is 8.70. The van der Waals surface area contributed by atoms with Crippen LogP contribution >= 0.6 is 0 Å². The number of benzene rings is 1. The maximum absolute atomic E-state index is 12.8. The van der Waals surface area contributed by atoms with Gasteiger partial charge in [-0.15, -0.1) is 0 Å². The summed E-state index contributed by atoms with van der Waals surface area (Å²) in [7, 11) is -0.346. The Labute approximate surface area is 171 Å². The van der Waals surface area contributed by atoms with Gasteiger partial charge in [0, 0.05) is 26.3 Å². The molecule has 158 valence electrons. The molecule has 0 saturated carbocycles. The summed E-state index contributed by atoms with van der Waals surface area (Å²) in [5.41, 5.74) is 0.290. The van der Waals surface area contributed by atoms with Crippen LogP contribution in [0.4, 0.5) is 0 Å². The molecule has 0 unspecified atom stereocenters. The predicted molar refractivity (Wildman–Crippen MR) is 109 cm³/mol. The van der Waals surface area contributed by atoms with Crippen molar-refractivity contribution in [2.24, 2.45) is 7.05 Å². The van der Waals surface area contributed by atoms with Crippen molar-refractivity contribution in [1.29, 1.82) is 0 Å². The van der Waals surface area contributed by atoms with Crippen LogP contribution in [0.1, 0.15) is 29.8 Å². The van der Waals surface area contributed by atoms with Crippen LogP contribution in [0, 0.1) is 0 Å². The molecule has 1 saturated heterocycles. The number of piperidine rings is 1. The van der Waals surface area contributed by atoms with Crippen molar-refractivity contribution in [2.75, 3.05) is 33.4 Å². The van der Waals surface area contributed by atoms with Gasteiger partial charge < -0.3 is 19.4 Å². The Bertz CT molecular complexity index is 949. The molecule has 0 atom stereocenters. The second-order valence-corrected chi connectivity index (χ2v) is 8.83. The number of hydrogen-bond donors (Lipinski definition) is 1. The Morgan fingerprint density at radius 1 is 1.14 bits per heavy atom. The molecule has 0 bridgehead atoms. The van der Waals surface area contributed by atoms with Gasteiger partial charge in [0.25, 0.3) is 5.91 Å². The number of amides is 1. The molecule has 2 aromatic rings. The molecule has 1 aromatic carbocycles. The summed E-state index contributed by atoms with van der Waals surface area (Å²) in [6.45, 7) is 1.59. The zero-order valence-electron chi connectivity index (χ0n) is 16.8. The lowest BCUT2D eigenvalue weighted by Crippen LogP contribution is -2.35. The second-order valence-electron chi connectivity index (χ2n) is 6.89. The lowest BCUT2D eigenvalue weighted by molar-refractivity contribution is 0.0938. The Balaban J connectivity index is 1.58. The van der Waals surface area contributed by atoms with Gasteiger partial charge in [0.05, 0.1) is 13.7 Å². The molecule has 0 radical (unpaired) electrons. The van der Waals surface area contributed by atoms with E-state index in [2.05, 4.69) is 5.32 Å². The average Bonchev–Trinajstić information content (AvgIpc) is 3.14. The van der Waals surface area contributed by atoms with E-state index in [0.717, 1.165) is 19.3 Å². The van der Waals surface area contributed by atoms with Gasteiger partial charge in [-0.05, 0) is 31.0 Å². The Kier molecular flexibility index (Phi) is 6.81. The van der Waals surface area contributed by atoms with Crippen molar-refractivity contribution in [2.45, 2.75) is 24.2 Å². The number of sulfonamides is 1. The highest BCUT2D eigenvalue weighted by atomic mass is 32.2. The highest BCUT2D eigenvalue weighted by molar-refractivity contribution is 7.89. The Morgan fingerprint density at radius 2 is 1.83 bits per heavy atom. The third kappa shape index (κ3) is 4.91. The smallest absolute Gasteiger partial charge is 0.268 e. The first-order valence-electron chi connectivity index (χ1n) is 9.64. The molecule has 9 heteroatoms. The number of aryl methyl sites for hydroxylation is 1. The van der Waals surface area contributed by atoms with Gasteiger partial charge in [0.1, 0.15) is 17.2 Å². The SMILES string of the molecule is COc1ccccc1OCCNC(=O)c1cc(S(=O)(=O)N2CCCCC2)cn1C. The van der Waals surface area contributed by atoms with Crippen LogP contribution in [0.2, 0.25) is 0 Å². The summed E-state index contributed by atoms with van der Waals surface area (Å²) < 4.78 is 39.5. The first kappa shape index (κ1) is 21.2. The third-order valence-corrected chi connectivity index (χ3v) is 6.74. The van der Waals surface area contributed by atoms with Gasteiger partial charge in [-0.1, -0.05) is 18.6 Å². The fraction of sp³-hybridized carbons (Fsp3) is 0.450. The van der Waals surface area contributed by atoms with Crippen LogP contribution in [-0.4, -0.2) is 56.5 Å². The molecule has 0 aliphatic carbocycles. The number of hydrogen-bond acceptors (Lipinski definition) is 5. The van der Waals surface area contributed by atoms with E-state index in [1.807, 2.05) is 12.1 Å². The maximum atomic E-state index is 12.8. The lowest BCUT2D eigenvalue weighted by Gasteiger charge is -2.25. The largest absolute Gasteiger partial charge is 0.493 e. The van der Waals surface area contributed by atoms with Gasteiger partial charge >= 0.3 is 0 Å². The molecular weight excluding hydrogens is 394 g/mol. The zero-order chi connectivity index (χ0) is 20.9. The highest BCUT2D eigenvalue weighted by Gasteiger charge is 2.28. The standard InChI is InChI=1S/C20H27N3O5S/c1-22-15-16(29(25,26)23-11-6-3-7-12-23)14-17(22)20(24)21-10-13-28-19-9-5-4-8-18(19)27-2/h4-5,8-9,14-15H,3,6-7,10-13H2,1-2H3,(H,21,24). The first-order chi connectivity index (χ1) is 13.9. The molecule has 1 amide bonds. The molecule has 1 N–H and O–H groups in total. The molecule has 29 heavy (non-hydrogen) atoms. The van der Waals surface area contributed by atoms with Crippen LogP contribution in [-0.2, 0) is 17.1 Å². The number of carbonyl (C=O) groups excluding carboxylic acids is 1. The van der Waals surface area contributed by atoms with Gasteiger partial charge in [-0.25, -0.2) is 8.42 Å². The van der Waals surface area contributed by atoms with Crippen LogP contribution < -0.4 is 14.8 Å². The highest BCUT2D eigenvalue weighted by Crippen LogP contribution is 2.25. The number of nitrogens with one attached hydrogen (secondary N) is 1. The van der Waals surface area contributed by atoms with Crippen LogP contribution in [0.25, 0.3) is 0 Å². The molecule has 2 heterocycles. The van der Waals surface area contributed by atoms with Gasteiger partial charge in [-0.3, -0.25) is 4.79 Å². The fourth-order valence-corrected chi connectivity index (χ4v) is 4.90. The minimum Gasteiger partial charge on any atom is -0.493 e. The third-order valence-electron chi connectivity index (χ3n) is 4.88. The number of aromatic nitrogens is 1. The Morgan fingerprint density at radius 3 is 2.52 bits per heavy atom. The van der Waals surface area contributed by atoms with Gasteiger partial charge in [-0.2, -0.15) is 4.31 Å². The predicted octanol–water partition coefficient (Wildman–Crippen LogP) is 2.02. The average molecular weight is 422 g/mol. The number of nitrogens with zero attached hydrogens (tertiary/aromatic N) is 2. The summed E-state index contributed by atoms with van der Waals surface area (Å²) >= 11 is 0. The summed E-state index contributed by atoms with van der Waals surface area (Å²) in [5.74, 6) is 0.864. The fourth-order valence-electron chi connectivity index (χ4n) is 3.31. The molecule has 1 aliphatic rings. The normalized spacial score (nSPS) is 15.1. The van der Waals surface area contributed by atoms with Gasteiger partial charge in [0.2, 0.25) is 10.0 Å². The van der Waals surface area contributed by atoms with Crippen molar-refractivity contribution in [3.8, 4) is 11.5 Å². The molecule has 0 spiro atoms. The van der Waals surface area contributed by atoms with E-state index in [4.69, 9.17) is 9.47 Å². The minimum absolute atomic E-state index is 0.150. The van der Waals surface area contributed by atoms with E-state index in [0.29, 0.717) is 24.6 Å². The number of ether oxygens (including phenoxy) is 2. The molecule has 1 aromatic heterocycles. The molecule has 3 rings (SSSR count). The van der Waals surface area contributed by atoms with Crippen molar-refractivity contribution < 1.29 is 22.7 Å². The lowest BCUT2D eigenvalue weighted by atomic mass is 10.2. The number of para-hydroxylation sites is 2. The van der Waals surface area contributed by atoms with E-state index in [9.17, 15) is 13.2 Å².